The maximum absolute atomic E-state index is 14.3. The number of alkyl halides is 2. The molecular formula is C15H17F2NO3. The minimum atomic E-state index is -3.64. The van der Waals surface area contributed by atoms with E-state index >= 15 is 0 Å². The zero-order valence-electron chi connectivity index (χ0n) is 11.6. The first kappa shape index (κ1) is 15.4. The number of carbonyl (C=O) groups is 2. The number of hydrogen-bond acceptors (Lipinski definition) is 2. The van der Waals surface area contributed by atoms with Gasteiger partial charge in [-0.1, -0.05) is 30.3 Å². The van der Waals surface area contributed by atoms with Crippen LogP contribution in [-0.4, -0.2) is 34.5 Å². The van der Waals surface area contributed by atoms with Crippen molar-refractivity contribution < 1.29 is 23.5 Å². The average Bonchev–Trinajstić information content (AvgIpc) is 2.47. The standard InChI is InChI=1S/C15H17F2NO3/c1-10-12(13(19)20)8-5-9-18(10)14(21)15(16,17)11-6-3-2-4-7-11/h2-4,6-7,10,12H,5,8-9H2,1H3,(H,19,20)/t10-,12-/m1/s1. The molecule has 1 heterocycles. The van der Waals surface area contributed by atoms with Crippen LogP contribution in [0.5, 0.6) is 0 Å². The van der Waals surface area contributed by atoms with Gasteiger partial charge in [0.1, 0.15) is 0 Å². The number of likely N-dealkylation sites (tertiary alicyclic amines) is 1. The van der Waals surface area contributed by atoms with E-state index in [1.807, 2.05) is 0 Å². The van der Waals surface area contributed by atoms with Crippen LogP contribution in [0.3, 0.4) is 0 Å². The van der Waals surface area contributed by atoms with Crippen LogP contribution in [0.15, 0.2) is 30.3 Å². The molecule has 2 atom stereocenters. The van der Waals surface area contributed by atoms with Gasteiger partial charge in [0, 0.05) is 18.2 Å². The molecule has 1 aliphatic rings. The molecule has 0 radical (unpaired) electrons. The van der Waals surface area contributed by atoms with Gasteiger partial charge in [-0.2, -0.15) is 8.78 Å². The number of nitrogens with zero attached hydrogens (tertiary/aromatic N) is 1. The molecule has 0 aliphatic carbocycles. The van der Waals surface area contributed by atoms with Crippen LogP contribution in [0, 0.1) is 5.92 Å². The highest BCUT2D eigenvalue weighted by molar-refractivity contribution is 5.86. The monoisotopic (exact) mass is 297 g/mol. The number of halogens is 2. The lowest BCUT2D eigenvalue weighted by molar-refractivity contribution is -0.166. The van der Waals surface area contributed by atoms with Crippen molar-refractivity contribution in [3.05, 3.63) is 35.9 Å². The lowest BCUT2D eigenvalue weighted by atomic mass is 9.89. The van der Waals surface area contributed by atoms with Crippen molar-refractivity contribution in [1.82, 2.24) is 4.90 Å². The van der Waals surface area contributed by atoms with Gasteiger partial charge in [-0.15, -0.1) is 0 Å². The summed E-state index contributed by atoms with van der Waals surface area (Å²) in [5.41, 5.74) is -0.375. The van der Waals surface area contributed by atoms with Gasteiger partial charge in [0.15, 0.2) is 0 Å². The highest BCUT2D eigenvalue weighted by Gasteiger charge is 2.47. The topological polar surface area (TPSA) is 57.6 Å². The summed E-state index contributed by atoms with van der Waals surface area (Å²) < 4.78 is 28.6. The third-order valence-electron chi connectivity index (χ3n) is 3.97. The summed E-state index contributed by atoms with van der Waals surface area (Å²) >= 11 is 0. The minimum Gasteiger partial charge on any atom is -0.481 e. The molecule has 1 aliphatic heterocycles. The molecule has 1 fully saturated rings. The summed E-state index contributed by atoms with van der Waals surface area (Å²) in [5.74, 6) is -6.82. The lowest BCUT2D eigenvalue weighted by Gasteiger charge is -2.39. The molecule has 1 N–H and O–H groups in total. The molecule has 1 amide bonds. The highest BCUT2D eigenvalue weighted by atomic mass is 19.3. The average molecular weight is 297 g/mol. The second kappa shape index (κ2) is 5.79. The van der Waals surface area contributed by atoms with Gasteiger partial charge in [0.25, 0.3) is 5.91 Å². The maximum Gasteiger partial charge on any atom is 0.349 e. The molecule has 1 aromatic carbocycles. The van der Waals surface area contributed by atoms with Gasteiger partial charge in [0.2, 0.25) is 0 Å². The van der Waals surface area contributed by atoms with Gasteiger partial charge in [-0.25, -0.2) is 0 Å². The van der Waals surface area contributed by atoms with Crippen molar-refractivity contribution in [2.75, 3.05) is 6.54 Å². The zero-order valence-corrected chi connectivity index (χ0v) is 11.6. The van der Waals surface area contributed by atoms with Gasteiger partial charge in [0.05, 0.1) is 5.92 Å². The Kier molecular flexibility index (Phi) is 4.25. The van der Waals surface area contributed by atoms with Crippen LogP contribution in [-0.2, 0) is 15.5 Å². The van der Waals surface area contributed by atoms with E-state index in [1.54, 1.807) is 6.07 Å². The number of amides is 1. The molecule has 0 saturated carbocycles. The summed E-state index contributed by atoms with van der Waals surface area (Å²) in [7, 11) is 0. The van der Waals surface area contributed by atoms with Gasteiger partial charge in [-0.05, 0) is 19.8 Å². The van der Waals surface area contributed by atoms with E-state index < -0.39 is 29.8 Å². The maximum atomic E-state index is 14.3. The smallest absolute Gasteiger partial charge is 0.349 e. The molecular weight excluding hydrogens is 280 g/mol. The Labute approximate surface area is 121 Å². The predicted molar refractivity (Wildman–Crippen MR) is 71.9 cm³/mol. The lowest BCUT2D eigenvalue weighted by Crippen LogP contribution is -2.53. The number of benzene rings is 1. The molecule has 2 rings (SSSR count). The fraction of sp³-hybridized carbons (Fsp3) is 0.467. The number of carboxylic acids is 1. The van der Waals surface area contributed by atoms with Crippen LogP contribution in [0.1, 0.15) is 25.3 Å². The van der Waals surface area contributed by atoms with Crippen LogP contribution >= 0.6 is 0 Å². The van der Waals surface area contributed by atoms with E-state index in [-0.39, 0.29) is 12.1 Å². The molecule has 4 nitrogen and oxygen atoms in total. The van der Waals surface area contributed by atoms with Gasteiger partial charge in [-0.3, -0.25) is 9.59 Å². The summed E-state index contributed by atoms with van der Waals surface area (Å²) in [6.07, 6.45) is 0.815. The first-order valence-electron chi connectivity index (χ1n) is 6.83. The van der Waals surface area contributed by atoms with Gasteiger partial charge >= 0.3 is 11.9 Å². The second-order valence-electron chi connectivity index (χ2n) is 5.27. The molecule has 6 heteroatoms. The minimum absolute atomic E-state index is 0.159. The van der Waals surface area contributed by atoms with E-state index in [4.69, 9.17) is 5.11 Å². The third kappa shape index (κ3) is 2.89. The van der Waals surface area contributed by atoms with Crippen molar-refractivity contribution in [2.45, 2.75) is 31.7 Å². The molecule has 1 saturated heterocycles. The van der Waals surface area contributed by atoms with E-state index in [9.17, 15) is 18.4 Å². The zero-order chi connectivity index (χ0) is 15.6. The molecule has 0 spiro atoms. The van der Waals surface area contributed by atoms with Crippen LogP contribution in [0.4, 0.5) is 8.78 Å². The molecule has 114 valence electrons. The Balaban J connectivity index is 2.24. The van der Waals surface area contributed by atoms with Crippen molar-refractivity contribution in [3.63, 3.8) is 0 Å². The van der Waals surface area contributed by atoms with Crippen molar-refractivity contribution >= 4 is 11.9 Å². The fourth-order valence-electron chi connectivity index (χ4n) is 2.71. The third-order valence-corrected chi connectivity index (χ3v) is 3.97. The largest absolute Gasteiger partial charge is 0.481 e. The second-order valence-corrected chi connectivity index (χ2v) is 5.27. The van der Waals surface area contributed by atoms with Crippen LogP contribution in [0.2, 0.25) is 0 Å². The summed E-state index contributed by atoms with van der Waals surface area (Å²) in [5, 5.41) is 9.10. The quantitative estimate of drug-likeness (QED) is 0.932. The predicted octanol–water partition coefficient (Wildman–Crippen LogP) is 2.49. The Morgan fingerprint density at radius 2 is 1.90 bits per heavy atom. The Hall–Kier alpha value is -1.98. The number of aliphatic carboxylic acids is 1. The number of hydrogen-bond donors (Lipinski definition) is 1. The van der Waals surface area contributed by atoms with E-state index in [0.717, 1.165) is 4.90 Å². The normalized spacial score (nSPS) is 22.9. The molecule has 1 aromatic rings. The SMILES string of the molecule is C[C@@H]1[C@H](C(=O)O)CCCN1C(=O)C(F)(F)c1ccccc1. The van der Waals surface area contributed by atoms with E-state index in [1.165, 1.54) is 31.2 Å². The van der Waals surface area contributed by atoms with Crippen molar-refractivity contribution in [1.29, 1.82) is 0 Å². The summed E-state index contributed by atoms with van der Waals surface area (Å²) in [4.78, 5) is 24.3. The number of rotatable bonds is 3. The van der Waals surface area contributed by atoms with E-state index in [0.29, 0.717) is 12.8 Å². The number of carbonyl (C=O) groups excluding carboxylic acids is 1. The number of carboxylic acid groups (broad SMARTS) is 1. The molecule has 21 heavy (non-hydrogen) atoms. The Morgan fingerprint density at radius 1 is 1.29 bits per heavy atom. The molecule has 0 unspecified atom stereocenters. The highest BCUT2D eigenvalue weighted by Crippen LogP contribution is 2.34. The number of piperidine rings is 1. The van der Waals surface area contributed by atoms with Crippen LogP contribution in [0.25, 0.3) is 0 Å². The fourth-order valence-corrected chi connectivity index (χ4v) is 2.71. The first-order valence-corrected chi connectivity index (χ1v) is 6.83. The first-order chi connectivity index (χ1) is 9.85. The summed E-state index contributed by atoms with van der Waals surface area (Å²) in [6.45, 7) is 1.67. The van der Waals surface area contributed by atoms with Crippen molar-refractivity contribution in [3.8, 4) is 0 Å². The van der Waals surface area contributed by atoms with Crippen LogP contribution < -0.4 is 0 Å². The van der Waals surface area contributed by atoms with Crippen molar-refractivity contribution in [2.24, 2.45) is 5.92 Å². The Bertz CT molecular complexity index is 533. The molecule has 0 aromatic heterocycles. The summed E-state index contributed by atoms with van der Waals surface area (Å²) in [6, 6.07) is 6.13. The van der Waals surface area contributed by atoms with E-state index in [2.05, 4.69) is 0 Å². The molecule has 0 bridgehead atoms. The van der Waals surface area contributed by atoms with Gasteiger partial charge < -0.3 is 10.0 Å². The Morgan fingerprint density at radius 3 is 2.48 bits per heavy atom.